The van der Waals surface area contributed by atoms with Crippen LogP contribution in [0.25, 0.3) is 0 Å². The lowest BCUT2D eigenvalue weighted by Gasteiger charge is -2.25. The fourth-order valence-electron chi connectivity index (χ4n) is 2.04. The molecule has 0 spiro atoms. The van der Waals surface area contributed by atoms with Crippen LogP contribution < -0.4 is 5.32 Å². The summed E-state index contributed by atoms with van der Waals surface area (Å²) < 4.78 is 0. The Balaban J connectivity index is 1.80. The molecule has 0 aliphatic carbocycles. The van der Waals surface area contributed by atoms with E-state index in [1.165, 1.54) is 16.7 Å². The molecule has 92 valence electrons. The van der Waals surface area contributed by atoms with Gasteiger partial charge in [-0.2, -0.15) is 15.4 Å². The third kappa shape index (κ3) is 2.11. The Labute approximate surface area is 108 Å². The molecule has 1 amide bonds. The number of aromatic amines is 1. The summed E-state index contributed by atoms with van der Waals surface area (Å²) in [6.07, 6.45) is 2.37. The van der Waals surface area contributed by atoms with Gasteiger partial charge in [-0.3, -0.25) is 4.79 Å². The zero-order valence-electron chi connectivity index (χ0n) is 9.59. The average molecular weight is 260 g/mol. The topological polar surface area (TPSA) is 70.7 Å². The van der Waals surface area contributed by atoms with Crippen molar-refractivity contribution in [2.75, 3.05) is 5.75 Å². The van der Waals surface area contributed by atoms with E-state index >= 15 is 0 Å². The van der Waals surface area contributed by atoms with Crippen molar-refractivity contribution in [3.8, 4) is 0 Å². The van der Waals surface area contributed by atoms with E-state index in [4.69, 9.17) is 0 Å². The van der Waals surface area contributed by atoms with Crippen molar-refractivity contribution in [2.45, 2.75) is 17.4 Å². The van der Waals surface area contributed by atoms with Gasteiger partial charge in [0.2, 0.25) is 0 Å². The van der Waals surface area contributed by atoms with Crippen molar-refractivity contribution in [2.24, 2.45) is 0 Å². The molecule has 18 heavy (non-hydrogen) atoms. The van der Waals surface area contributed by atoms with Gasteiger partial charge >= 0.3 is 0 Å². The molecule has 1 aliphatic rings. The molecule has 0 radical (unpaired) electrons. The molecule has 0 saturated heterocycles. The fourth-order valence-corrected chi connectivity index (χ4v) is 3.16. The Bertz CT molecular complexity index is 555. The monoisotopic (exact) mass is 260 g/mol. The number of benzene rings is 1. The Morgan fingerprint density at radius 2 is 2.33 bits per heavy atom. The van der Waals surface area contributed by atoms with E-state index in [1.54, 1.807) is 0 Å². The number of nitrogens with zero attached hydrogens (tertiary/aromatic N) is 2. The number of fused-ring (bicyclic) bond motifs is 1. The van der Waals surface area contributed by atoms with Crippen LogP contribution in [0.5, 0.6) is 0 Å². The number of nitrogens with one attached hydrogen (secondary N) is 2. The Hall–Kier alpha value is -1.82. The van der Waals surface area contributed by atoms with Crippen molar-refractivity contribution in [1.82, 2.24) is 20.7 Å². The lowest BCUT2D eigenvalue weighted by atomic mass is 10.0. The summed E-state index contributed by atoms with van der Waals surface area (Å²) in [6.45, 7) is 0. The van der Waals surface area contributed by atoms with Gasteiger partial charge in [-0.1, -0.05) is 18.2 Å². The van der Waals surface area contributed by atoms with Crippen LogP contribution in [0.4, 0.5) is 0 Å². The van der Waals surface area contributed by atoms with Crippen LogP contribution >= 0.6 is 11.8 Å². The Morgan fingerprint density at radius 1 is 1.44 bits per heavy atom. The highest BCUT2D eigenvalue weighted by molar-refractivity contribution is 7.99. The smallest absolute Gasteiger partial charge is 0.273 e. The third-order valence-electron chi connectivity index (χ3n) is 2.91. The lowest BCUT2D eigenvalue weighted by molar-refractivity contribution is 0.0930. The maximum Gasteiger partial charge on any atom is 0.273 e. The SMILES string of the molecule is O=C(NC1CCSc2ccccc21)c1cn[nH]n1. The van der Waals surface area contributed by atoms with Crippen LogP contribution in [0.1, 0.15) is 28.5 Å². The molecule has 2 aromatic rings. The summed E-state index contributed by atoms with van der Waals surface area (Å²) >= 11 is 1.83. The summed E-state index contributed by atoms with van der Waals surface area (Å²) in [7, 11) is 0. The molecule has 2 N–H and O–H groups in total. The summed E-state index contributed by atoms with van der Waals surface area (Å²) in [5.41, 5.74) is 1.51. The second-order valence-corrected chi connectivity index (χ2v) is 5.19. The van der Waals surface area contributed by atoms with E-state index < -0.39 is 0 Å². The van der Waals surface area contributed by atoms with Gasteiger partial charge in [0, 0.05) is 10.6 Å². The molecule has 3 rings (SSSR count). The summed E-state index contributed by atoms with van der Waals surface area (Å²) in [5.74, 6) is 0.830. The number of H-pyrrole nitrogens is 1. The van der Waals surface area contributed by atoms with Crippen LogP contribution in [0.3, 0.4) is 0 Å². The minimum absolute atomic E-state index is 0.0617. The number of thioether (sulfide) groups is 1. The first-order valence-corrected chi connectivity index (χ1v) is 6.71. The standard InChI is InChI=1S/C12H12N4OS/c17-12(10-7-13-16-15-10)14-9-5-6-18-11-4-2-1-3-8(9)11/h1-4,7,9H,5-6H2,(H,14,17)(H,13,15,16). The van der Waals surface area contributed by atoms with Gasteiger partial charge in [0.25, 0.3) is 5.91 Å². The molecule has 2 heterocycles. The first kappa shape index (κ1) is 11.3. The van der Waals surface area contributed by atoms with Gasteiger partial charge in [-0.15, -0.1) is 11.8 Å². The van der Waals surface area contributed by atoms with Crippen LogP contribution in [0, 0.1) is 0 Å². The first-order chi connectivity index (χ1) is 8.84. The minimum atomic E-state index is -0.185. The predicted octanol–water partition coefficient (Wildman–Crippen LogP) is 1.77. The molecule has 6 heteroatoms. The average Bonchev–Trinajstić information content (AvgIpc) is 2.93. The van der Waals surface area contributed by atoms with E-state index in [0.717, 1.165) is 12.2 Å². The predicted molar refractivity (Wildman–Crippen MR) is 68.4 cm³/mol. The number of hydrogen-bond acceptors (Lipinski definition) is 4. The molecule has 1 atom stereocenters. The molecule has 1 aromatic heterocycles. The number of carbonyl (C=O) groups excluding carboxylic acids is 1. The Kier molecular flexibility index (Phi) is 3.02. The highest BCUT2D eigenvalue weighted by Gasteiger charge is 2.22. The largest absolute Gasteiger partial charge is 0.344 e. The molecule has 1 unspecified atom stereocenters. The summed E-state index contributed by atoms with van der Waals surface area (Å²) in [4.78, 5) is 13.2. The van der Waals surface area contributed by atoms with Gasteiger partial charge in [0.15, 0.2) is 5.69 Å². The summed E-state index contributed by atoms with van der Waals surface area (Å²) in [6, 6.07) is 8.24. The van der Waals surface area contributed by atoms with Crippen LogP contribution in [-0.2, 0) is 0 Å². The first-order valence-electron chi connectivity index (χ1n) is 5.73. The second-order valence-electron chi connectivity index (χ2n) is 4.06. The molecule has 1 aliphatic heterocycles. The molecule has 0 bridgehead atoms. The van der Waals surface area contributed by atoms with Gasteiger partial charge in [0.1, 0.15) is 0 Å². The van der Waals surface area contributed by atoms with Crippen molar-refractivity contribution < 1.29 is 4.79 Å². The zero-order valence-corrected chi connectivity index (χ0v) is 10.4. The van der Waals surface area contributed by atoms with Crippen molar-refractivity contribution in [3.05, 3.63) is 41.7 Å². The molecular formula is C12H12N4OS. The van der Waals surface area contributed by atoms with E-state index in [0.29, 0.717) is 5.69 Å². The molecule has 0 saturated carbocycles. The quantitative estimate of drug-likeness (QED) is 0.863. The lowest BCUT2D eigenvalue weighted by Crippen LogP contribution is -2.30. The summed E-state index contributed by atoms with van der Waals surface area (Å²) in [5, 5.41) is 12.9. The van der Waals surface area contributed by atoms with Crippen molar-refractivity contribution in [3.63, 3.8) is 0 Å². The molecule has 0 fully saturated rings. The minimum Gasteiger partial charge on any atom is -0.344 e. The van der Waals surface area contributed by atoms with Gasteiger partial charge < -0.3 is 5.32 Å². The molecule has 5 nitrogen and oxygen atoms in total. The van der Waals surface area contributed by atoms with Crippen molar-refractivity contribution >= 4 is 17.7 Å². The van der Waals surface area contributed by atoms with E-state index in [-0.39, 0.29) is 11.9 Å². The third-order valence-corrected chi connectivity index (χ3v) is 4.03. The maximum atomic E-state index is 11.9. The second kappa shape index (κ2) is 4.81. The number of amides is 1. The normalized spacial score (nSPS) is 18.1. The van der Waals surface area contributed by atoms with Gasteiger partial charge in [-0.25, -0.2) is 0 Å². The number of aromatic nitrogens is 3. The van der Waals surface area contributed by atoms with Crippen LogP contribution in [0.2, 0.25) is 0 Å². The van der Waals surface area contributed by atoms with Crippen molar-refractivity contribution in [1.29, 1.82) is 0 Å². The maximum absolute atomic E-state index is 11.9. The fraction of sp³-hybridized carbons (Fsp3) is 0.250. The van der Waals surface area contributed by atoms with Crippen LogP contribution in [0.15, 0.2) is 35.4 Å². The zero-order chi connectivity index (χ0) is 12.4. The Morgan fingerprint density at radius 3 is 3.17 bits per heavy atom. The van der Waals surface area contributed by atoms with E-state index in [1.807, 2.05) is 23.9 Å². The number of carbonyl (C=O) groups is 1. The molecule has 1 aromatic carbocycles. The highest BCUT2D eigenvalue weighted by Crippen LogP contribution is 2.35. The van der Waals surface area contributed by atoms with Gasteiger partial charge in [-0.05, 0) is 18.1 Å². The van der Waals surface area contributed by atoms with E-state index in [9.17, 15) is 4.79 Å². The number of rotatable bonds is 2. The number of hydrogen-bond donors (Lipinski definition) is 2. The van der Waals surface area contributed by atoms with Gasteiger partial charge in [0.05, 0.1) is 12.2 Å². The molecular weight excluding hydrogens is 248 g/mol. The van der Waals surface area contributed by atoms with E-state index in [2.05, 4.69) is 32.9 Å². The van der Waals surface area contributed by atoms with Crippen LogP contribution in [-0.4, -0.2) is 27.1 Å². The highest BCUT2D eigenvalue weighted by atomic mass is 32.2.